The van der Waals surface area contributed by atoms with Crippen molar-refractivity contribution in [1.82, 2.24) is 9.88 Å². The average molecular weight is 327 g/mol. The first kappa shape index (κ1) is 16.6. The number of carbonyl (C=O) groups excluding carboxylic acids is 1. The van der Waals surface area contributed by atoms with Crippen LogP contribution < -0.4 is 5.32 Å². The molecule has 5 nitrogen and oxygen atoms in total. The number of likely N-dealkylation sites (tertiary alicyclic amines) is 1. The molecule has 1 aromatic carbocycles. The molecule has 1 amide bonds. The molecule has 1 aromatic heterocycles. The van der Waals surface area contributed by atoms with E-state index in [1.165, 1.54) is 5.56 Å². The predicted octanol–water partition coefficient (Wildman–Crippen LogP) is 3.96. The molecule has 128 valence electrons. The maximum absolute atomic E-state index is 12.0. The zero-order chi connectivity index (χ0) is 17.1. The number of carbonyl (C=O) groups is 1. The van der Waals surface area contributed by atoms with Crippen molar-refractivity contribution < 1.29 is 9.53 Å². The standard InChI is InChI=1S/C19H25N3O2/c1-13(2)24-19(23)22-11-8-15(9-12-22)21-17-7-10-20-18-14(3)5-4-6-16(17)18/h4-7,10,13,15H,8-9,11-12H2,1-3H3,(H,20,21). The maximum Gasteiger partial charge on any atom is 0.410 e. The summed E-state index contributed by atoms with van der Waals surface area (Å²) < 4.78 is 5.27. The van der Waals surface area contributed by atoms with Gasteiger partial charge >= 0.3 is 6.09 Å². The molecular formula is C19H25N3O2. The fraction of sp³-hybridized carbons (Fsp3) is 0.474. The van der Waals surface area contributed by atoms with Crippen molar-refractivity contribution in [2.45, 2.75) is 45.8 Å². The third-order valence-corrected chi connectivity index (χ3v) is 4.42. The SMILES string of the molecule is Cc1cccc2c(NC3CCN(C(=O)OC(C)C)CC3)ccnc12. The number of fused-ring (bicyclic) bond motifs is 1. The van der Waals surface area contributed by atoms with Gasteiger partial charge in [0.1, 0.15) is 0 Å². The summed E-state index contributed by atoms with van der Waals surface area (Å²) in [5.74, 6) is 0. The van der Waals surface area contributed by atoms with E-state index in [1.807, 2.05) is 26.1 Å². The van der Waals surface area contributed by atoms with Gasteiger partial charge in [0.15, 0.2) is 0 Å². The van der Waals surface area contributed by atoms with Gasteiger partial charge in [-0.2, -0.15) is 0 Å². The van der Waals surface area contributed by atoms with E-state index in [2.05, 4.69) is 35.4 Å². The van der Waals surface area contributed by atoms with Crippen LogP contribution in [-0.2, 0) is 4.74 Å². The first-order valence-electron chi connectivity index (χ1n) is 8.61. The fourth-order valence-electron chi connectivity index (χ4n) is 3.15. The molecule has 0 aliphatic carbocycles. The number of anilines is 1. The van der Waals surface area contributed by atoms with E-state index in [1.54, 1.807) is 4.90 Å². The van der Waals surface area contributed by atoms with E-state index >= 15 is 0 Å². The zero-order valence-electron chi connectivity index (χ0n) is 14.6. The molecule has 2 heterocycles. The third-order valence-electron chi connectivity index (χ3n) is 4.42. The van der Waals surface area contributed by atoms with Crippen LogP contribution in [0.25, 0.3) is 10.9 Å². The molecule has 1 saturated heterocycles. The molecule has 2 aromatic rings. The van der Waals surface area contributed by atoms with Crippen molar-refractivity contribution in [1.29, 1.82) is 0 Å². The molecule has 0 unspecified atom stereocenters. The lowest BCUT2D eigenvalue weighted by Gasteiger charge is -2.32. The van der Waals surface area contributed by atoms with E-state index in [0.29, 0.717) is 6.04 Å². The molecular weight excluding hydrogens is 302 g/mol. The molecule has 3 rings (SSSR count). The second-order valence-electron chi connectivity index (χ2n) is 6.67. The molecule has 0 atom stereocenters. The van der Waals surface area contributed by atoms with Gasteiger partial charge in [0.25, 0.3) is 0 Å². The molecule has 0 saturated carbocycles. The van der Waals surface area contributed by atoms with Crippen molar-refractivity contribution in [2.24, 2.45) is 0 Å². The minimum atomic E-state index is -0.201. The van der Waals surface area contributed by atoms with Crippen molar-refractivity contribution in [2.75, 3.05) is 18.4 Å². The second kappa shape index (κ2) is 7.07. The van der Waals surface area contributed by atoms with Gasteiger partial charge < -0.3 is 15.0 Å². The van der Waals surface area contributed by atoms with Crippen LogP contribution >= 0.6 is 0 Å². The Morgan fingerprint density at radius 1 is 1.29 bits per heavy atom. The smallest absolute Gasteiger partial charge is 0.410 e. The number of nitrogens with zero attached hydrogens (tertiary/aromatic N) is 2. The monoisotopic (exact) mass is 327 g/mol. The highest BCUT2D eigenvalue weighted by molar-refractivity contribution is 5.92. The molecule has 1 aliphatic rings. The van der Waals surface area contributed by atoms with E-state index in [4.69, 9.17) is 4.74 Å². The highest BCUT2D eigenvalue weighted by atomic mass is 16.6. The maximum atomic E-state index is 12.0. The second-order valence-corrected chi connectivity index (χ2v) is 6.67. The van der Waals surface area contributed by atoms with Crippen LogP contribution in [0.4, 0.5) is 10.5 Å². The van der Waals surface area contributed by atoms with Crippen molar-refractivity contribution in [3.8, 4) is 0 Å². The summed E-state index contributed by atoms with van der Waals surface area (Å²) in [6.07, 6.45) is 3.42. The minimum Gasteiger partial charge on any atom is -0.447 e. The van der Waals surface area contributed by atoms with Gasteiger partial charge in [0, 0.05) is 36.4 Å². The van der Waals surface area contributed by atoms with Gasteiger partial charge in [-0.05, 0) is 45.2 Å². The molecule has 1 N–H and O–H groups in total. The Labute approximate surface area is 143 Å². The van der Waals surface area contributed by atoms with E-state index in [9.17, 15) is 4.79 Å². The van der Waals surface area contributed by atoms with Crippen LogP contribution in [0.1, 0.15) is 32.3 Å². The van der Waals surface area contributed by atoms with Crippen LogP contribution in [-0.4, -0.2) is 41.2 Å². The number of pyridine rings is 1. The summed E-state index contributed by atoms with van der Waals surface area (Å²) in [5, 5.41) is 4.78. The van der Waals surface area contributed by atoms with Crippen LogP contribution in [0.15, 0.2) is 30.5 Å². The Morgan fingerprint density at radius 2 is 2.04 bits per heavy atom. The number of aryl methyl sites for hydroxylation is 1. The average Bonchev–Trinajstić information content (AvgIpc) is 2.56. The quantitative estimate of drug-likeness (QED) is 0.927. The Balaban J connectivity index is 1.65. The normalized spacial score (nSPS) is 15.8. The van der Waals surface area contributed by atoms with Crippen LogP contribution in [0, 0.1) is 6.92 Å². The molecule has 1 aliphatic heterocycles. The Hall–Kier alpha value is -2.30. The van der Waals surface area contributed by atoms with Crippen LogP contribution in [0.2, 0.25) is 0 Å². The molecule has 1 fully saturated rings. The van der Waals surface area contributed by atoms with Gasteiger partial charge in [-0.3, -0.25) is 4.98 Å². The minimum absolute atomic E-state index is 0.0697. The number of amides is 1. The van der Waals surface area contributed by atoms with Crippen LogP contribution in [0.5, 0.6) is 0 Å². The van der Waals surface area contributed by atoms with Crippen molar-refractivity contribution >= 4 is 22.7 Å². The summed E-state index contributed by atoms with van der Waals surface area (Å²) in [4.78, 5) is 18.2. The first-order valence-corrected chi connectivity index (χ1v) is 8.61. The lowest BCUT2D eigenvalue weighted by molar-refractivity contribution is 0.0701. The highest BCUT2D eigenvalue weighted by Gasteiger charge is 2.24. The van der Waals surface area contributed by atoms with Gasteiger partial charge in [0.2, 0.25) is 0 Å². The zero-order valence-corrected chi connectivity index (χ0v) is 14.6. The molecule has 0 bridgehead atoms. The molecule has 0 spiro atoms. The molecule has 5 heteroatoms. The number of hydrogen-bond acceptors (Lipinski definition) is 4. The Bertz CT molecular complexity index is 722. The Kier molecular flexibility index (Phi) is 4.88. The number of benzene rings is 1. The molecule has 24 heavy (non-hydrogen) atoms. The summed E-state index contributed by atoms with van der Waals surface area (Å²) in [5.41, 5.74) is 3.34. The Morgan fingerprint density at radius 3 is 2.75 bits per heavy atom. The van der Waals surface area contributed by atoms with Gasteiger partial charge in [-0.1, -0.05) is 18.2 Å². The number of nitrogens with one attached hydrogen (secondary N) is 1. The van der Waals surface area contributed by atoms with E-state index < -0.39 is 0 Å². The number of para-hydroxylation sites is 1. The highest BCUT2D eigenvalue weighted by Crippen LogP contribution is 2.26. The summed E-state index contributed by atoms with van der Waals surface area (Å²) >= 11 is 0. The fourth-order valence-corrected chi connectivity index (χ4v) is 3.15. The summed E-state index contributed by atoms with van der Waals surface area (Å²) in [6, 6.07) is 8.64. The van der Waals surface area contributed by atoms with Gasteiger partial charge in [0.05, 0.1) is 11.6 Å². The number of hydrogen-bond donors (Lipinski definition) is 1. The predicted molar refractivity (Wildman–Crippen MR) is 96.3 cm³/mol. The summed E-state index contributed by atoms with van der Waals surface area (Å²) in [7, 11) is 0. The first-order chi connectivity index (χ1) is 11.5. The van der Waals surface area contributed by atoms with Gasteiger partial charge in [-0.25, -0.2) is 4.79 Å². The van der Waals surface area contributed by atoms with Crippen LogP contribution in [0.3, 0.4) is 0 Å². The van der Waals surface area contributed by atoms with Crippen molar-refractivity contribution in [3.05, 3.63) is 36.0 Å². The van der Waals surface area contributed by atoms with Crippen molar-refractivity contribution in [3.63, 3.8) is 0 Å². The summed E-state index contributed by atoms with van der Waals surface area (Å²) in [6.45, 7) is 7.29. The number of aromatic nitrogens is 1. The largest absolute Gasteiger partial charge is 0.447 e. The van der Waals surface area contributed by atoms with Gasteiger partial charge in [-0.15, -0.1) is 0 Å². The number of rotatable bonds is 3. The number of ether oxygens (including phenoxy) is 1. The van der Waals surface area contributed by atoms with E-state index in [0.717, 1.165) is 42.5 Å². The lowest BCUT2D eigenvalue weighted by atomic mass is 10.0. The third kappa shape index (κ3) is 3.61. The lowest BCUT2D eigenvalue weighted by Crippen LogP contribution is -2.43. The topological polar surface area (TPSA) is 54.5 Å². The molecule has 0 radical (unpaired) electrons. The van der Waals surface area contributed by atoms with E-state index in [-0.39, 0.29) is 12.2 Å². The number of piperidine rings is 1.